The van der Waals surface area contributed by atoms with E-state index in [-0.39, 0.29) is 0 Å². The van der Waals surface area contributed by atoms with Gasteiger partial charge in [-0.2, -0.15) is 0 Å². The van der Waals surface area contributed by atoms with Crippen LogP contribution in [-0.4, -0.2) is 4.57 Å². The maximum Gasteiger partial charge on any atom is 0.0531 e. The molecule has 0 radical (unpaired) electrons. The molecule has 1 aromatic heterocycles. The first kappa shape index (κ1) is 13.2. The van der Waals surface area contributed by atoms with Crippen LogP contribution in [0, 0.1) is 6.92 Å². The molecule has 0 saturated heterocycles. The van der Waals surface area contributed by atoms with Crippen LogP contribution in [0.2, 0.25) is 0 Å². The number of hydrogen-bond donors (Lipinski definition) is 1. The average molecular weight is 252 g/mol. The van der Waals surface area contributed by atoms with E-state index in [2.05, 4.69) is 54.0 Å². The monoisotopic (exact) mass is 252 g/mol. The highest BCUT2D eigenvalue weighted by Gasteiger charge is 2.06. The van der Waals surface area contributed by atoms with E-state index in [4.69, 9.17) is 5.73 Å². The minimum Gasteiger partial charge on any atom is -0.399 e. The molecule has 2 heteroatoms. The molecule has 0 fully saturated rings. The fraction of sp³-hybridized carbons (Fsp3) is 0.176. The molecular weight excluding hydrogens is 232 g/mol. The van der Waals surface area contributed by atoms with Gasteiger partial charge in [0.15, 0.2) is 0 Å². The molecule has 0 saturated carbocycles. The Labute approximate surface area is 114 Å². The van der Waals surface area contributed by atoms with Crippen LogP contribution in [0.15, 0.2) is 54.6 Å². The standard InChI is InChI=1S/C15H14N2.C2H6/c1-11-10-12-4-2-3-5-15(12)17(11)14-8-6-13(16)7-9-14;1-2/h2-10H,16H2,1H3;1-2H3. The number of benzene rings is 2. The van der Waals surface area contributed by atoms with Gasteiger partial charge in [0.1, 0.15) is 0 Å². The number of rotatable bonds is 1. The summed E-state index contributed by atoms with van der Waals surface area (Å²) in [4.78, 5) is 0. The second-order valence-corrected chi connectivity index (χ2v) is 4.27. The van der Waals surface area contributed by atoms with Gasteiger partial charge < -0.3 is 10.3 Å². The summed E-state index contributed by atoms with van der Waals surface area (Å²) < 4.78 is 2.24. The Morgan fingerprint density at radius 3 is 2.21 bits per heavy atom. The maximum absolute atomic E-state index is 5.72. The highest BCUT2D eigenvalue weighted by molar-refractivity contribution is 5.83. The second-order valence-electron chi connectivity index (χ2n) is 4.27. The first-order valence-corrected chi connectivity index (χ1v) is 6.69. The number of hydrogen-bond acceptors (Lipinski definition) is 1. The first-order chi connectivity index (χ1) is 9.25. The lowest BCUT2D eigenvalue weighted by molar-refractivity contribution is 1.05. The number of aryl methyl sites for hydroxylation is 1. The molecular formula is C17H20N2. The van der Waals surface area contributed by atoms with Crippen molar-refractivity contribution in [1.29, 1.82) is 0 Å². The van der Waals surface area contributed by atoms with Gasteiger partial charge in [-0.25, -0.2) is 0 Å². The molecule has 2 nitrogen and oxygen atoms in total. The van der Waals surface area contributed by atoms with Gasteiger partial charge in [-0.1, -0.05) is 32.0 Å². The minimum atomic E-state index is 0.794. The van der Waals surface area contributed by atoms with Crippen LogP contribution in [0.4, 0.5) is 5.69 Å². The zero-order valence-corrected chi connectivity index (χ0v) is 11.7. The third kappa shape index (κ3) is 2.48. The highest BCUT2D eigenvalue weighted by atomic mass is 15.0. The van der Waals surface area contributed by atoms with Crippen LogP contribution < -0.4 is 5.73 Å². The lowest BCUT2D eigenvalue weighted by Crippen LogP contribution is -1.96. The van der Waals surface area contributed by atoms with Crippen molar-refractivity contribution in [1.82, 2.24) is 4.57 Å². The van der Waals surface area contributed by atoms with Gasteiger partial charge in [-0.05, 0) is 43.3 Å². The number of anilines is 1. The topological polar surface area (TPSA) is 30.9 Å². The molecule has 2 aromatic carbocycles. The quantitative estimate of drug-likeness (QED) is 0.633. The summed E-state index contributed by atoms with van der Waals surface area (Å²) in [6.45, 7) is 6.12. The summed E-state index contributed by atoms with van der Waals surface area (Å²) in [5.41, 5.74) is 10.1. The summed E-state index contributed by atoms with van der Waals surface area (Å²) in [6.07, 6.45) is 0. The molecule has 3 rings (SSSR count). The molecule has 3 aromatic rings. The summed E-state index contributed by atoms with van der Waals surface area (Å²) >= 11 is 0. The molecule has 98 valence electrons. The molecule has 0 amide bonds. The lowest BCUT2D eigenvalue weighted by atomic mass is 10.2. The van der Waals surface area contributed by atoms with Crippen LogP contribution in [0.5, 0.6) is 0 Å². The largest absolute Gasteiger partial charge is 0.399 e. The Morgan fingerprint density at radius 1 is 0.895 bits per heavy atom. The van der Waals surface area contributed by atoms with E-state index in [1.165, 1.54) is 16.6 Å². The molecule has 0 atom stereocenters. The predicted octanol–water partition coefficient (Wildman–Crippen LogP) is 4.55. The van der Waals surface area contributed by atoms with Crippen molar-refractivity contribution in [3.8, 4) is 5.69 Å². The van der Waals surface area contributed by atoms with Gasteiger partial charge in [-0.3, -0.25) is 0 Å². The van der Waals surface area contributed by atoms with E-state index in [9.17, 15) is 0 Å². The molecule has 0 aliphatic rings. The van der Waals surface area contributed by atoms with Gasteiger partial charge >= 0.3 is 0 Å². The van der Waals surface area contributed by atoms with Gasteiger partial charge in [0, 0.05) is 22.5 Å². The molecule has 0 aliphatic carbocycles. The number of aromatic nitrogens is 1. The average Bonchev–Trinajstić information content (AvgIpc) is 2.78. The first-order valence-electron chi connectivity index (χ1n) is 6.69. The Balaban J connectivity index is 0.000000637. The summed E-state index contributed by atoms with van der Waals surface area (Å²) in [5.74, 6) is 0. The Hall–Kier alpha value is -2.22. The lowest BCUT2D eigenvalue weighted by Gasteiger charge is -2.08. The van der Waals surface area contributed by atoms with E-state index in [1.807, 2.05) is 26.0 Å². The Bertz CT molecular complexity index is 663. The number of nitrogens with zero attached hydrogens (tertiary/aromatic N) is 1. The van der Waals surface area contributed by atoms with Crippen molar-refractivity contribution in [2.75, 3.05) is 5.73 Å². The third-order valence-electron chi connectivity index (χ3n) is 3.05. The van der Waals surface area contributed by atoms with Gasteiger partial charge in [0.2, 0.25) is 0 Å². The van der Waals surface area contributed by atoms with E-state index in [0.29, 0.717) is 0 Å². The summed E-state index contributed by atoms with van der Waals surface area (Å²) in [5, 5.41) is 1.27. The second kappa shape index (κ2) is 5.61. The van der Waals surface area contributed by atoms with E-state index < -0.39 is 0 Å². The van der Waals surface area contributed by atoms with E-state index in [1.54, 1.807) is 0 Å². The molecule has 19 heavy (non-hydrogen) atoms. The van der Waals surface area contributed by atoms with Gasteiger partial charge in [0.25, 0.3) is 0 Å². The zero-order chi connectivity index (χ0) is 13.8. The number of nitrogen functional groups attached to an aromatic ring is 1. The van der Waals surface area contributed by atoms with Crippen molar-refractivity contribution >= 4 is 16.6 Å². The van der Waals surface area contributed by atoms with Crippen LogP contribution in [0.3, 0.4) is 0 Å². The maximum atomic E-state index is 5.72. The van der Waals surface area contributed by atoms with Gasteiger partial charge in [-0.15, -0.1) is 0 Å². The molecule has 1 heterocycles. The molecule has 0 aliphatic heterocycles. The van der Waals surface area contributed by atoms with Crippen LogP contribution in [-0.2, 0) is 0 Å². The van der Waals surface area contributed by atoms with Crippen LogP contribution in [0.1, 0.15) is 19.5 Å². The molecule has 0 bridgehead atoms. The van der Waals surface area contributed by atoms with Crippen molar-refractivity contribution in [2.45, 2.75) is 20.8 Å². The van der Waals surface area contributed by atoms with Crippen molar-refractivity contribution in [3.05, 3.63) is 60.3 Å². The van der Waals surface area contributed by atoms with Crippen LogP contribution in [0.25, 0.3) is 16.6 Å². The smallest absolute Gasteiger partial charge is 0.0531 e. The molecule has 2 N–H and O–H groups in total. The fourth-order valence-corrected chi connectivity index (χ4v) is 2.26. The van der Waals surface area contributed by atoms with Gasteiger partial charge in [0.05, 0.1) is 5.52 Å². The third-order valence-corrected chi connectivity index (χ3v) is 3.05. The van der Waals surface area contributed by atoms with E-state index in [0.717, 1.165) is 11.4 Å². The van der Waals surface area contributed by atoms with Crippen molar-refractivity contribution in [2.24, 2.45) is 0 Å². The highest BCUT2D eigenvalue weighted by Crippen LogP contribution is 2.24. The molecule has 0 spiro atoms. The zero-order valence-electron chi connectivity index (χ0n) is 11.7. The SMILES string of the molecule is CC.Cc1cc2ccccc2n1-c1ccc(N)cc1. The summed E-state index contributed by atoms with van der Waals surface area (Å²) in [6, 6.07) is 18.6. The number of fused-ring (bicyclic) bond motifs is 1. The van der Waals surface area contributed by atoms with Crippen LogP contribution >= 0.6 is 0 Å². The van der Waals surface area contributed by atoms with Crippen molar-refractivity contribution in [3.63, 3.8) is 0 Å². The minimum absolute atomic E-state index is 0.794. The summed E-state index contributed by atoms with van der Waals surface area (Å²) in [7, 11) is 0. The fourth-order valence-electron chi connectivity index (χ4n) is 2.26. The van der Waals surface area contributed by atoms with E-state index >= 15 is 0 Å². The Morgan fingerprint density at radius 2 is 1.53 bits per heavy atom. The number of para-hydroxylation sites is 1. The van der Waals surface area contributed by atoms with Crippen molar-refractivity contribution < 1.29 is 0 Å². The normalized spacial score (nSPS) is 10.1. The number of nitrogens with two attached hydrogens (primary N) is 1. The predicted molar refractivity (Wildman–Crippen MR) is 83.8 cm³/mol. The molecule has 0 unspecified atom stereocenters. The Kier molecular flexibility index (Phi) is 3.91.